The highest BCUT2D eigenvalue weighted by Crippen LogP contribution is 2.33. The Kier molecular flexibility index (Phi) is 7.10. The fourth-order valence-corrected chi connectivity index (χ4v) is 2.46. The summed E-state index contributed by atoms with van der Waals surface area (Å²) in [5.41, 5.74) is 1.16. The third-order valence-electron chi connectivity index (χ3n) is 2.78. The fourth-order valence-electron chi connectivity index (χ4n) is 1.69. The Morgan fingerprint density at radius 2 is 2.00 bits per heavy atom. The number of benzene rings is 1. The Bertz CT molecular complexity index is 366. The minimum Gasteiger partial charge on any atom is -0.492 e. The maximum absolute atomic E-state index is 6.42. The molecule has 0 heterocycles. The molecule has 0 N–H and O–H groups in total. The first-order valence-corrected chi connectivity index (χ1v) is 7.83. The molecule has 0 spiro atoms. The maximum atomic E-state index is 6.42. The fraction of sp³-hybridized carbons (Fsp3) is 0.600. The molecule has 0 bridgehead atoms. The van der Waals surface area contributed by atoms with Gasteiger partial charge in [-0.1, -0.05) is 26.8 Å². The van der Waals surface area contributed by atoms with E-state index >= 15 is 0 Å². The molecule has 0 saturated heterocycles. The van der Waals surface area contributed by atoms with Gasteiger partial charge in [-0.05, 0) is 58.8 Å². The summed E-state index contributed by atoms with van der Waals surface area (Å²) in [5, 5.41) is 0.0870. The molecule has 1 atom stereocenters. The Hall–Kier alpha value is -0.210. The van der Waals surface area contributed by atoms with Crippen LogP contribution in [0.15, 0.2) is 22.7 Å². The second-order valence-electron chi connectivity index (χ2n) is 4.98. The molecule has 1 rings (SSSR count). The lowest BCUT2D eigenvalue weighted by Crippen LogP contribution is -1.98. The molecule has 18 heavy (non-hydrogen) atoms. The highest BCUT2D eigenvalue weighted by molar-refractivity contribution is 9.10. The average Bonchev–Trinajstić information content (AvgIpc) is 2.34. The quantitative estimate of drug-likeness (QED) is 0.560. The van der Waals surface area contributed by atoms with Gasteiger partial charge in [0.25, 0.3) is 0 Å². The summed E-state index contributed by atoms with van der Waals surface area (Å²) in [5.74, 6) is 1.59. The van der Waals surface area contributed by atoms with Gasteiger partial charge < -0.3 is 4.74 Å². The van der Waals surface area contributed by atoms with Crippen LogP contribution in [0, 0.1) is 5.92 Å². The van der Waals surface area contributed by atoms with Crippen molar-refractivity contribution in [3.8, 4) is 5.75 Å². The molecule has 0 radical (unpaired) electrons. The number of alkyl halides is 1. The van der Waals surface area contributed by atoms with E-state index < -0.39 is 0 Å². The van der Waals surface area contributed by atoms with E-state index in [1.807, 2.05) is 6.07 Å². The first kappa shape index (κ1) is 15.8. The van der Waals surface area contributed by atoms with Crippen molar-refractivity contribution in [3.63, 3.8) is 0 Å². The normalized spacial score (nSPS) is 12.8. The van der Waals surface area contributed by atoms with Gasteiger partial charge in [-0.3, -0.25) is 0 Å². The van der Waals surface area contributed by atoms with Gasteiger partial charge in [-0.15, -0.1) is 11.6 Å². The van der Waals surface area contributed by atoms with E-state index in [9.17, 15) is 0 Å². The molecular formula is C15H22BrClO. The summed E-state index contributed by atoms with van der Waals surface area (Å²) in [4.78, 5) is 0. The van der Waals surface area contributed by atoms with Crippen LogP contribution in [0.3, 0.4) is 0 Å². The van der Waals surface area contributed by atoms with Crippen molar-refractivity contribution in [2.24, 2.45) is 5.92 Å². The largest absolute Gasteiger partial charge is 0.492 e. The van der Waals surface area contributed by atoms with Gasteiger partial charge >= 0.3 is 0 Å². The Morgan fingerprint density at radius 3 is 2.56 bits per heavy atom. The molecule has 0 saturated carbocycles. The number of hydrogen-bond donors (Lipinski definition) is 0. The monoisotopic (exact) mass is 332 g/mol. The third-order valence-corrected chi connectivity index (χ3v) is 3.87. The Labute approximate surface area is 124 Å². The van der Waals surface area contributed by atoms with Crippen molar-refractivity contribution in [1.29, 1.82) is 0 Å². The molecule has 0 aliphatic rings. The summed E-state index contributed by atoms with van der Waals surface area (Å²) in [6.45, 7) is 7.29. The van der Waals surface area contributed by atoms with Gasteiger partial charge in [0, 0.05) is 0 Å². The van der Waals surface area contributed by atoms with E-state index in [4.69, 9.17) is 16.3 Å². The Morgan fingerprint density at radius 1 is 1.28 bits per heavy atom. The van der Waals surface area contributed by atoms with E-state index in [0.717, 1.165) is 41.7 Å². The molecule has 1 unspecified atom stereocenters. The van der Waals surface area contributed by atoms with Crippen LogP contribution in [-0.4, -0.2) is 6.61 Å². The maximum Gasteiger partial charge on any atom is 0.133 e. The van der Waals surface area contributed by atoms with E-state index in [1.165, 1.54) is 0 Å². The molecule has 102 valence electrons. The van der Waals surface area contributed by atoms with Crippen molar-refractivity contribution in [3.05, 3.63) is 28.2 Å². The first-order chi connectivity index (χ1) is 8.54. The molecule has 0 fully saturated rings. The SMILES string of the molecule is CCCOc1ccc(C(Cl)CCC(C)C)cc1Br. The third kappa shape index (κ3) is 5.19. The van der Waals surface area contributed by atoms with Crippen molar-refractivity contribution >= 4 is 27.5 Å². The molecule has 0 aliphatic carbocycles. The number of hydrogen-bond acceptors (Lipinski definition) is 1. The van der Waals surface area contributed by atoms with Gasteiger partial charge in [0.15, 0.2) is 0 Å². The topological polar surface area (TPSA) is 9.23 Å². The predicted molar refractivity (Wildman–Crippen MR) is 82.6 cm³/mol. The summed E-state index contributed by atoms with van der Waals surface area (Å²) in [6.07, 6.45) is 3.18. The first-order valence-electron chi connectivity index (χ1n) is 6.61. The zero-order valence-electron chi connectivity index (χ0n) is 11.4. The van der Waals surface area contributed by atoms with E-state index in [2.05, 4.69) is 48.8 Å². The van der Waals surface area contributed by atoms with Crippen molar-refractivity contribution in [2.45, 2.75) is 45.4 Å². The predicted octanol–water partition coefficient (Wildman–Crippen LogP) is 5.95. The van der Waals surface area contributed by atoms with Gasteiger partial charge in [0.2, 0.25) is 0 Å². The summed E-state index contributed by atoms with van der Waals surface area (Å²) < 4.78 is 6.62. The number of halogens is 2. The Balaban J connectivity index is 2.65. The lowest BCUT2D eigenvalue weighted by Gasteiger charge is -2.14. The van der Waals surface area contributed by atoms with Crippen LogP contribution in [0.25, 0.3) is 0 Å². The van der Waals surface area contributed by atoms with Crippen LogP contribution in [0.1, 0.15) is 51.0 Å². The molecule has 1 nitrogen and oxygen atoms in total. The summed E-state index contributed by atoms with van der Waals surface area (Å²) >= 11 is 9.96. The molecular weight excluding hydrogens is 312 g/mol. The lowest BCUT2D eigenvalue weighted by atomic mass is 10.0. The van der Waals surface area contributed by atoms with Crippen molar-refractivity contribution in [1.82, 2.24) is 0 Å². The van der Waals surface area contributed by atoms with Crippen molar-refractivity contribution in [2.75, 3.05) is 6.61 Å². The number of ether oxygens (including phenoxy) is 1. The van der Waals surface area contributed by atoms with Gasteiger partial charge in [0.05, 0.1) is 16.5 Å². The summed E-state index contributed by atoms with van der Waals surface area (Å²) in [6, 6.07) is 6.14. The van der Waals surface area contributed by atoms with E-state index in [0.29, 0.717) is 5.92 Å². The molecule has 0 aromatic heterocycles. The summed E-state index contributed by atoms with van der Waals surface area (Å²) in [7, 11) is 0. The van der Waals surface area contributed by atoms with Crippen LogP contribution in [-0.2, 0) is 0 Å². The second-order valence-corrected chi connectivity index (χ2v) is 6.36. The van der Waals surface area contributed by atoms with E-state index in [1.54, 1.807) is 0 Å². The lowest BCUT2D eigenvalue weighted by molar-refractivity contribution is 0.315. The van der Waals surface area contributed by atoms with Crippen LogP contribution in [0.2, 0.25) is 0 Å². The van der Waals surface area contributed by atoms with Crippen LogP contribution in [0.5, 0.6) is 5.75 Å². The van der Waals surface area contributed by atoms with Crippen molar-refractivity contribution < 1.29 is 4.74 Å². The van der Waals surface area contributed by atoms with Gasteiger partial charge in [-0.2, -0.15) is 0 Å². The molecule has 0 amide bonds. The van der Waals surface area contributed by atoms with Crippen LogP contribution in [0.4, 0.5) is 0 Å². The molecule has 3 heteroatoms. The standard InChI is InChI=1S/C15H22BrClO/c1-4-9-18-15-8-6-12(10-13(15)16)14(17)7-5-11(2)3/h6,8,10-11,14H,4-5,7,9H2,1-3H3. The highest BCUT2D eigenvalue weighted by atomic mass is 79.9. The highest BCUT2D eigenvalue weighted by Gasteiger charge is 2.11. The van der Waals surface area contributed by atoms with Gasteiger partial charge in [-0.25, -0.2) is 0 Å². The minimum absolute atomic E-state index is 0.0870. The zero-order chi connectivity index (χ0) is 13.5. The molecule has 1 aromatic carbocycles. The molecule has 1 aromatic rings. The smallest absolute Gasteiger partial charge is 0.133 e. The van der Waals surface area contributed by atoms with Crippen LogP contribution < -0.4 is 4.74 Å². The second kappa shape index (κ2) is 8.06. The van der Waals surface area contributed by atoms with Crippen LogP contribution >= 0.6 is 27.5 Å². The van der Waals surface area contributed by atoms with Gasteiger partial charge in [0.1, 0.15) is 5.75 Å². The minimum atomic E-state index is 0.0870. The number of rotatable bonds is 7. The van der Waals surface area contributed by atoms with E-state index in [-0.39, 0.29) is 5.38 Å². The average molecular weight is 334 g/mol. The zero-order valence-corrected chi connectivity index (χ0v) is 13.7. The molecule has 0 aliphatic heterocycles.